The van der Waals surface area contributed by atoms with Gasteiger partial charge >= 0.3 is 35.5 Å². The summed E-state index contributed by atoms with van der Waals surface area (Å²) in [7, 11) is -2.18. The van der Waals surface area contributed by atoms with Crippen LogP contribution in [0.2, 0.25) is 0 Å². The van der Waals surface area contributed by atoms with E-state index in [9.17, 15) is 22.5 Å². The molecule has 0 bridgehead atoms. The first-order valence-electron chi connectivity index (χ1n) is 11.1. The molecule has 1 unspecified atom stereocenters. The van der Waals surface area contributed by atoms with E-state index in [0.29, 0.717) is 22.8 Å². The number of pyridine rings is 1. The summed E-state index contributed by atoms with van der Waals surface area (Å²) in [6, 6.07) is 8.03. The second-order valence-corrected chi connectivity index (χ2v) is 11.4. The zero-order valence-corrected chi connectivity index (χ0v) is 25.8. The van der Waals surface area contributed by atoms with Gasteiger partial charge in [-0.05, 0) is 44.2 Å². The largest absolute Gasteiger partial charge is 1.00 e. The molecule has 11 nitrogen and oxygen atoms in total. The number of imidazole rings is 1. The number of hydrogen-bond donors (Lipinski definition) is 1. The van der Waals surface area contributed by atoms with E-state index in [1.807, 2.05) is 6.92 Å². The fourth-order valence-electron chi connectivity index (χ4n) is 4.04. The average molecular weight is 584 g/mol. The normalized spacial score (nSPS) is 12.0. The number of carboxylic acids is 1. The van der Waals surface area contributed by atoms with Crippen molar-refractivity contribution in [1.82, 2.24) is 13.9 Å². The van der Waals surface area contributed by atoms with Crippen LogP contribution in [0.1, 0.15) is 28.6 Å². The predicted molar refractivity (Wildman–Crippen MR) is 140 cm³/mol. The Labute approximate surface area is 251 Å². The van der Waals surface area contributed by atoms with Crippen LogP contribution < -0.4 is 43.8 Å². The Bertz CT molecular complexity index is 1710. The molecule has 0 fully saturated rings. The molecule has 0 aliphatic carbocycles. The van der Waals surface area contributed by atoms with Crippen molar-refractivity contribution < 1.29 is 67.7 Å². The minimum absolute atomic E-state index is 0. The smallest absolute Gasteiger partial charge is 1.00 e. The number of benzene rings is 2. The van der Waals surface area contributed by atoms with Crippen molar-refractivity contribution in [2.45, 2.75) is 29.7 Å². The zero-order chi connectivity index (χ0) is 27.8. The minimum Gasteiger partial charge on any atom is -1.00 e. The van der Waals surface area contributed by atoms with E-state index in [2.05, 4.69) is 9.97 Å². The number of carbonyl (C=O) groups is 1. The van der Waals surface area contributed by atoms with Crippen LogP contribution in [0.25, 0.3) is 11.0 Å². The molecule has 0 saturated heterocycles. The van der Waals surface area contributed by atoms with Crippen LogP contribution in [-0.2, 0) is 26.6 Å². The molecule has 0 aliphatic heterocycles. The van der Waals surface area contributed by atoms with Crippen LogP contribution >= 0.6 is 0 Å². The van der Waals surface area contributed by atoms with Gasteiger partial charge in [0.1, 0.15) is 22.8 Å². The van der Waals surface area contributed by atoms with Gasteiger partial charge in [-0.1, -0.05) is 0 Å². The van der Waals surface area contributed by atoms with E-state index in [1.54, 1.807) is 19.2 Å². The quantitative estimate of drug-likeness (QED) is 0.275. The molecule has 14 heteroatoms. The summed E-state index contributed by atoms with van der Waals surface area (Å²) in [4.78, 5) is 20.2. The number of ether oxygens (including phenoxy) is 3. The number of hydrogen-bond acceptors (Lipinski definition) is 9. The molecule has 39 heavy (non-hydrogen) atoms. The van der Waals surface area contributed by atoms with Crippen LogP contribution in [0.3, 0.4) is 0 Å². The number of aryl methyl sites for hydroxylation is 1. The molecule has 0 radical (unpaired) electrons. The van der Waals surface area contributed by atoms with Gasteiger partial charge in [0.25, 0.3) is 10.0 Å². The second-order valence-electron chi connectivity index (χ2n) is 8.22. The van der Waals surface area contributed by atoms with Gasteiger partial charge in [0.15, 0.2) is 0 Å². The van der Waals surface area contributed by atoms with Crippen molar-refractivity contribution >= 4 is 37.8 Å². The van der Waals surface area contributed by atoms with E-state index in [-0.39, 0.29) is 69.1 Å². The first kappa shape index (κ1) is 30.6. The summed E-state index contributed by atoms with van der Waals surface area (Å²) >= 11 is 0. The average Bonchev–Trinajstić information content (AvgIpc) is 3.30. The molecular weight excluding hydrogens is 557 g/mol. The van der Waals surface area contributed by atoms with Crippen LogP contribution in [0.5, 0.6) is 17.2 Å². The van der Waals surface area contributed by atoms with Gasteiger partial charge in [0.05, 0.1) is 59.5 Å². The van der Waals surface area contributed by atoms with E-state index in [1.165, 1.54) is 45.6 Å². The van der Waals surface area contributed by atoms with Crippen molar-refractivity contribution in [3.63, 3.8) is 0 Å². The van der Waals surface area contributed by atoms with E-state index < -0.39 is 26.8 Å². The van der Waals surface area contributed by atoms with Gasteiger partial charge in [0.2, 0.25) is 5.16 Å². The molecule has 2 aromatic heterocycles. The Morgan fingerprint density at radius 3 is 2.41 bits per heavy atom. The second kappa shape index (κ2) is 12.0. The van der Waals surface area contributed by atoms with Crippen LogP contribution in [-0.4, -0.2) is 59.0 Å². The van der Waals surface area contributed by atoms with Crippen LogP contribution in [0.15, 0.2) is 52.6 Å². The third kappa shape index (κ3) is 5.68. The third-order valence-electron chi connectivity index (χ3n) is 5.95. The van der Waals surface area contributed by atoms with Gasteiger partial charge in [-0.25, -0.2) is 22.2 Å². The Kier molecular flexibility index (Phi) is 9.44. The van der Waals surface area contributed by atoms with E-state index in [4.69, 9.17) is 14.2 Å². The first-order chi connectivity index (χ1) is 18.0. The number of aromatic carboxylic acids is 1. The number of fused-ring (bicyclic) bond motifs is 1. The van der Waals surface area contributed by atoms with Crippen molar-refractivity contribution in [1.29, 1.82) is 0 Å². The molecule has 2 aromatic carbocycles. The van der Waals surface area contributed by atoms with Gasteiger partial charge in [-0.3, -0.25) is 9.19 Å². The van der Waals surface area contributed by atoms with Crippen molar-refractivity contribution in [3.05, 3.63) is 65.0 Å². The maximum atomic E-state index is 13.9. The number of aromatic nitrogens is 3. The zero-order valence-electron chi connectivity index (χ0n) is 23.2. The van der Waals surface area contributed by atoms with Gasteiger partial charge < -0.3 is 20.7 Å². The maximum absolute atomic E-state index is 13.9. The summed E-state index contributed by atoms with van der Waals surface area (Å²) in [5, 5.41) is 9.32. The van der Waals surface area contributed by atoms with Crippen LogP contribution in [0.4, 0.5) is 0 Å². The summed E-state index contributed by atoms with van der Waals surface area (Å²) in [5.74, 6) is -0.484. The van der Waals surface area contributed by atoms with E-state index in [0.717, 1.165) is 15.6 Å². The molecule has 0 spiro atoms. The molecule has 2 heterocycles. The van der Waals surface area contributed by atoms with Crippen molar-refractivity contribution in [3.8, 4) is 17.2 Å². The SMILES string of the molecule is COc1ccc2c(c1)nc(S(=O)Cc1ncc(C)c(OC)c1C)n2S(=O)(=O)c1ccc(OC)c(C(=O)O)c1.[H-].[Na+]. The molecule has 4 rings (SSSR count). The number of methoxy groups -OCH3 is 3. The fourth-order valence-corrected chi connectivity index (χ4v) is 7.12. The Balaban J connectivity index is 0.00000280. The molecule has 0 aliphatic rings. The number of rotatable bonds is 9. The molecule has 1 N–H and O–H groups in total. The fraction of sp³-hybridized carbons (Fsp3) is 0.240. The van der Waals surface area contributed by atoms with Gasteiger partial charge in [-0.15, -0.1) is 0 Å². The Hall–Kier alpha value is -2.97. The third-order valence-corrected chi connectivity index (χ3v) is 8.98. The topological polar surface area (TPSA) is 147 Å². The minimum atomic E-state index is -4.46. The summed E-state index contributed by atoms with van der Waals surface area (Å²) in [6.07, 6.45) is 1.59. The van der Waals surface area contributed by atoms with Gasteiger partial charge in [0, 0.05) is 23.4 Å². The molecule has 4 aromatic rings. The van der Waals surface area contributed by atoms with E-state index >= 15 is 0 Å². The standard InChI is InChI=1S/C25H25N3O8S2.Na.H/c1-14-12-26-20(15(2)23(14)36-5)13-37(31)25-27-19-10-16(34-3)6-8-21(19)28(25)38(32,33)17-7-9-22(35-4)18(11-17)24(29)30;;/h6-12H,13H2,1-5H3,(H,29,30);;/q;+1;-1. The monoisotopic (exact) mass is 583 g/mol. The molecule has 0 saturated carbocycles. The number of nitrogens with zero attached hydrogens (tertiary/aromatic N) is 3. The van der Waals surface area contributed by atoms with Crippen LogP contribution in [0, 0.1) is 13.8 Å². The molecule has 202 valence electrons. The Morgan fingerprint density at radius 1 is 1.08 bits per heavy atom. The summed E-state index contributed by atoms with van der Waals surface area (Å²) in [6.45, 7) is 3.61. The summed E-state index contributed by atoms with van der Waals surface area (Å²) < 4.78 is 58.1. The molecular formula is C25H26N3NaO8S2. The first-order valence-corrected chi connectivity index (χ1v) is 13.9. The maximum Gasteiger partial charge on any atom is 1.00 e. The number of carboxylic acid groups (broad SMARTS) is 1. The van der Waals surface area contributed by atoms with Gasteiger partial charge in [-0.2, -0.15) is 0 Å². The predicted octanol–water partition coefficient (Wildman–Crippen LogP) is 0.433. The van der Waals surface area contributed by atoms with Crippen molar-refractivity contribution in [2.75, 3.05) is 21.3 Å². The summed E-state index contributed by atoms with van der Waals surface area (Å²) in [5.41, 5.74) is 1.97. The Morgan fingerprint density at radius 2 is 1.79 bits per heavy atom. The molecule has 1 atom stereocenters. The molecule has 0 amide bonds. The van der Waals surface area contributed by atoms with Crippen molar-refractivity contribution in [2.24, 2.45) is 0 Å².